The number of nitrogens with zero attached hydrogens (tertiary/aromatic N) is 1. The molecule has 0 saturated heterocycles. The van der Waals surface area contributed by atoms with Gasteiger partial charge in [0.15, 0.2) is 0 Å². The van der Waals surface area contributed by atoms with Crippen LogP contribution in [0.1, 0.15) is 39.5 Å². The summed E-state index contributed by atoms with van der Waals surface area (Å²) in [5.74, 6) is 0.0232. The van der Waals surface area contributed by atoms with E-state index in [-0.39, 0.29) is 23.6 Å². The Balaban J connectivity index is 1.47. The van der Waals surface area contributed by atoms with Crippen molar-refractivity contribution in [2.24, 2.45) is 5.92 Å². The van der Waals surface area contributed by atoms with Crippen LogP contribution in [0.25, 0.3) is 21.8 Å². The maximum Gasteiger partial charge on any atom is 0.227 e. The number of carbonyl (C=O) groups excluding carboxylic acids is 1. The second kappa shape index (κ2) is 8.40. The molecule has 6 nitrogen and oxygen atoms in total. The van der Waals surface area contributed by atoms with Crippen molar-refractivity contribution < 1.29 is 13.2 Å². The van der Waals surface area contributed by atoms with Gasteiger partial charge in [0, 0.05) is 46.0 Å². The molecule has 4 rings (SSSR count). The third-order valence-corrected chi connectivity index (χ3v) is 7.63. The summed E-state index contributed by atoms with van der Waals surface area (Å²) in [7, 11) is -3.20. The van der Waals surface area contributed by atoms with E-state index in [1.807, 2.05) is 18.2 Å². The van der Waals surface area contributed by atoms with Gasteiger partial charge in [-0.15, -0.1) is 0 Å². The number of anilines is 1. The van der Waals surface area contributed by atoms with E-state index in [2.05, 4.69) is 45.8 Å². The number of para-hydroxylation sites is 1. The number of nitrogens with one attached hydrogen (secondary N) is 2. The second-order valence-electron chi connectivity index (χ2n) is 8.05. The van der Waals surface area contributed by atoms with Gasteiger partial charge in [0.1, 0.15) is 0 Å². The molecule has 3 aromatic rings. The van der Waals surface area contributed by atoms with Crippen molar-refractivity contribution in [2.45, 2.75) is 52.1 Å². The van der Waals surface area contributed by atoms with Crippen molar-refractivity contribution in [2.75, 3.05) is 11.1 Å². The average Bonchev–Trinajstić information content (AvgIpc) is 3.07. The van der Waals surface area contributed by atoms with Crippen molar-refractivity contribution in [1.29, 1.82) is 0 Å². The fourth-order valence-electron chi connectivity index (χ4n) is 4.53. The summed E-state index contributed by atoms with van der Waals surface area (Å²) in [6, 6.07) is 14.4. The quantitative estimate of drug-likeness (QED) is 0.617. The predicted octanol–water partition coefficient (Wildman–Crippen LogP) is 4.25. The number of rotatable bonds is 6. The number of hydrogen-bond acceptors (Lipinski definition) is 3. The van der Waals surface area contributed by atoms with Crippen molar-refractivity contribution in [3.63, 3.8) is 0 Å². The van der Waals surface area contributed by atoms with E-state index in [4.69, 9.17) is 0 Å². The van der Waals surface area contributed by atoms with Crippen LogP contribution in [-0.2, 0) is 21.4 Å². The molecular formula is C23H29N3O3S. The monoisotopic (exact) mass is 427 g/mol. The summed E-state index contributed by atoms with van der Waals surface area (Å²) in [4.78, 5) is 12.8. The van der Waals surface area contributed by atoms with Crippen LogP contribution in [0.4, 0.5) is 5.69 Å². The highest BCUT2D eigenvalue weighted by Gasteiger charge is 2.28. The number of fused-ring (bicyclic) bond motifs is 3. The molecule has 1 aliphatic carbocycles. The molecule has 1 aliphatic rings. The van der Waals surface area contributed by atoms with Gasteiger partial charge in [-0.05, 0) is 63.8 Å². The summed E-state index contributed by atoms with van der Waals surface area (Å²) in [5.41, 5.74) is 3.17. The number of hydrogen-bond donors (Lipinski definition) is 2. The van der Waals surface area contributed by atoms with Gasteiger partial charge in [-0.2, -0.15) is 0 Å². The Kier molecular flexibility index (Phi) is 5.84. The molecule has 160 valence electrons. The molecule has 0 unspecified atom stereocenters. The molecule has 1 fully saturated rings. The number of aromatic nitrogens is 1. The topological polar surface area (TPSA) is 80.2 Å². The summed E-state index contributed by atoms with van der Waals surface area (Å²) in [5, 5.41) is 5.41. The van der Waals surface area contributed by atoms with Gasteiger partial charge < -0.3 is 9.88 Å². The molecule has 2 aromatic carbocycles. The Labute approximate surface area is 177 Å². The molecule has 0 spiro atoms. The Morgan fingerprint density at radius 3 is 2.40 bits per heavy atom. The fraction of sp³-hybridized carbons (Fsp3) is 0.435. The summed E-state index contributed by atoms with van der Waals surface area (Å²) < 4.78 is 28.5. The smallest absolute Gasteiger partial charge is 0.227 e. The number of sulfonamides is 1. The second-order valence-corrected chi connectivity index (χ2v) is 10.1. The Hall–Kier alpha value is -2.38. The molecular weight excluding hydrogens is 398 g/mol. The van der Waals surface area contributed by atoms with Crippen LogP contribution >= 0.6 is 0 Å². The zero-order valence-electron chi connectivity index (χ0n) is 17.5. The van der Waals surface area contributed by atoms with Crippen LogP contribution in [-0.4, -0.2) is 30.7 Å². The summed E-state index contributed by atoms with van der Waals surface area (Å²) in [6.07, 6.45) is 2.78. The van der Waals surface area contributed by atoms with E-state index in [1.165, 1.54) is 16.4 Å². The zero-order valence-corrected chi connectivity index (χ0v) is 18.3. The highest BCUT2D eigenvalue weighted by Crippen LogP contribution is 2.32. The van der Waals surface area contributed by atoms with E-state index in [9.17, 15) is 13.2 Å². The first-order chi connectivity index (χ1) is 14.4. The molecule has 7 heteroatoms. The van der Waals surface area contributed by atoms with Crippen LogP contribution in [0.3, 0.4) is 0 Å². The lowest BCUT2D eigenvalue weighted by molar-refractivity contribution is -0.120. The minimum Gasteiger partial charge on any atom is -0.341 e. The number of aryl methyl sites for hydroxylation is 1. The molecule has 1 aromatic heterocycles. The van der Waals surface area contributed by atoms with Crippen LogP contribution in [0.15, 0.2) is 42.5 Å². The van der Waals surface area contributed by atoms with Crippen LogP contribution < -0.4 is 10.0 Å². The van der Waals surface area contributed by atoms with Gasteiger partial charge in [0.05, 0.1) is 5.75 Å². The standard InChI is InChI=1S/C23H29N3O3S/c1-3-26-21-8-6-5-7-19(21)20-15-18(13-14-22(20)26)24-23(27)16-9-11-17(12-10-16)25-30(28,29)4-2/h5-8,13-17,25H,3-4,9-12H2,1-2H3,(H,24,27). The maximum atomic E-state index is 12.8. The molecule has 1 amide bonds. The van der Waals surface area contributed by atoms with Crippen molar-refractivity contribution in [3.05, 3.63) is 42.5 Å². The third kappa shape index (κ3) is 4.09. The van der Waals surface area contributed by atoms with Gasteiger partial charge in [-0.1, -0.05) is 18.2 Å². The molecule has 2 N–H and O–H groups in total. The highest BCUT2D eigenvalue weighted by atomic mass is 32.2. The van der Waals surface area contributed by atoms with Gasteiger partial charge in [-0.25, -0.2) is 13.1 Å². The lowest BCUT2D eigenvalue weighted by Crippen LogP contribution is -2.40. The van der Waals surface area contributed by atoms with Crippen molar-refractivity contribution in [3.8, 4) is 0 Å². The third-order valence-electron chi connectivity index (χ3n) is 6.18. The first kappa shape index (κ1) is 20.9. The predicted molar refractivity (Wildman–Crippen MR) is 122 cm³/mol. The Bertz CT molecular complexity index is 1180. The van der Waals surface area contributed by atoms with Gasteiger partial charge in [0.2, 0.25) is 15.9 Å². The van der Waals surface area contributed by atoms with Crippen LogP contribution in [0.5, 0.6) is 0 Å². The number of benzene rings is 2. The summed E-state index contributed by atoms with van der Waals surface area (Å²) >= 11 is 0. The summed E-state index contributed by atoms with van der Waals surface area (Å²) in [6.45, 7) is 4.66. The number of amides is 1. The minimum absolute atomic E-state index is 0.0189. The molecule has 1 saturated carbocycles. The maximum absolute atomic E-state index is 12.8. The highest BCUT2D eigenvalue weighted by molar-refractivity contribution is 7.89. The molecule has 1 heterocycles. The normalized spacial score (nSPS) is 19.9. The fourth-order valence-corrected chi connectivity index (χ4v) is 5.44. The van der Waals surface area contributed by atoms with Crippen LogP contribution in [0, 0.1) is 5.92 Å². The lowest BCUT2D eigenvalue weighted by Gasteiger charge is -2.28. The first-order valence-electron chi connectivity index (χ1n) is 10.7. The van der Waals surface area contributed by atoms with Crippen LogP contribution in [0.2, 0.25) is 0 Å². The molecule has 30 heavy (non-hydrogen) atoms. The Morgan fingerprint density at radius 1 is 1.00 bits per heavy atom. The van der Waals surface area contributed by atoms with Gasteiger partial charge in [0.25, 0.3) is 0 Å². The largest absolute Gasteiger partial charge is 0.341 e. The van der Waals surface area contributed by atoms with E-state index in [0.29, 0.717) is 25.7 Å². The molecule has 0 atom stereocenters. The van der Waals surface area contributed by atoms with Gasteiger partial charge >= 0.3 is 0 Å². The van der Waals surface area contributed by atoms with E-state index in [0.717, 1.165) is 17.6 Å². The lowest BCUT2D eigenvalue weighted by atomic mass is 9.86. The van der Waals surface area contributed by atoms with Crippen molar-refractivity contribution in [1.82, 2.24) is 9.29 Å². The Morgan fingerprint density at radius 2 is 1.70 bits per heavy atom. The van der Waals surface area contributed by atoms with E-state index < -0.39 is 10.0 Å². The van der Waals surface area contributed by atoms with E-state index >= 15 is 0 Å². The SMILES string of the molecule is CCn1c2ccccc2c2cc(NC(=O)C3CCC(NS(=O)(=O)CC)CC3)ccc21. The molecule has 0 radical (unpaired) electrons. The minimum atomic E-state index is -3.20. The zero-order chi connectivity index (χ0) is 21.3. The molecule has 0 bridgehead atoms. The average molecular weight is 428 g/mol. The molecule has 0 aliphatic heterocycles. The van der Waals surface area contributed by atoms with E-state index in [1.54, 1.807) is 6.92 Å². The van der Waals surface area contributed by atoms with Gasteiger partial charge in [-0.3, -0.25) is 4.79 Å². The first-order valence-corrected chi connectivity index (χ1v) is 12.4. The van der Waals surface area contributed by atoms with Crippen molar-refractivity contribution >= 4 is 43.4 Å². The number of carbonyl (C=O) groups is 1.